The van der Waals surface area contributed by atoms with Crippen molar-refractivity contribution in [1.82, 2.24) is 25.6 Å². The van der Waals surface area contributed by atoms with Crippen LogP contribution in [0.3, 0.4) is 0 Å². The van der Waals surface area contributed by atoms with E-state index in [0.29, 0.717) is 29.9 Å². The third kappa shape index (κ3) is 4.08. The Kier molecular flexibility index (Phi) is 4.94. The summed E-state index contributed by atoms with van der Waals surface area (Å²) < 4.78 is 13.4. The number of hydrogen-bond acceptors (Lipinski definition) is 5. The molecule has 0 bridgehead atoms. The number of hydrogen-bond donors (Lipinski definition) is 3. The number of aromatic amines is 1. The van der Waals surface area contributed by atoms with Crippen molar-refractivity contribution in [3.05, 3.63) is 65.6 Å². The van der Waals surface area contributed by atoms with Gasteiger partial charge in [0.05, 0.1) is 18.7 Å². The zero-order valence-electron chi connectivity index (χ0n) is 15.3. The van der Waals surface area contributed by atoms with Gasteiger partial charge in [-0.3, -0.25) is 9.59 Å². The molecule has 0 radical (unpaired) electrons. The number of carbonyl (C=O) groups is 2. The van der Waals surface area contributed by atoms with Crippen LogP contribution in [0.4, 0.5) is 4.39 Å². The van der Waals surface area contributed by atoms with Gasteiger partial charge in [0.15, 0.2) is 11.6 Å². The quantitative estimate of drug-likeness (QED) is 0.606. The minimum atomic E-state index is -0.751. The van der Waals surface area contributed by atoms with E-state index in [1.165, 1.54) is 12.1 Å². The molecule has 1 aliphatic rings. The molecule has 0 spiro atoms. The fourth-order valence-electron chi connectivity index (χ4n) is 3.12. The Labute approximate surface area is 165 Å². The first-order valence-corrected chi connectivity index (χ1v) is 9.02. The molecular weight excluding hydrogens is 377 g/mol. The summed E-state index contributed by atoms with van der Waals surface area (Å²) in [7, 11) is 0. The molecule has 1 saturated heterocycles. The van der Waals surface area contributed by atoms with Crippen LogP contribution in [0.15, 0.2) is 48.7 Å². The van der Waals surface area contributed by atoms with E-state index in [0.717, 1.165) is 11.6 Å². The predicted molar refractivity (Wildman–Crippen MR) is 101 cm³/mol. The molecule has 0 atom stereocenters. The number of halogens is 1. The predicted octanol–water partition coefficient (Wildman–Crippen LogP) is 1.50. The molecule has 9 heteroatoms. The standard InChI is InChI=1S/C20H18FN5O3/c21-16-7-12(1-6-18(16)27)8-19(28)26-10-15(11-26)23-20(29)14-4-2-13(3-5-14)17-9-22-25-24-17/h1-7,9,15,27H,8,10-11H2,(H,23,29)(H,22,24,25). The van der Waals surface area contributed by atoms with Crippen LogP contribution >= 0.6 is 0 Å². The van der Waals surface area contributed by atoms with Crippen molar-refractivity contribution >= 4 is 11.8 Å². The Morgan fingerprint density at radius 2 is 1.97 bits per heavy atom. The first-order chi connectivity index (χ1) is 14.0. The minimum absolute atomic E-state index is 0.0430. The normalized spacial score (nSPS) is 13.8. The van der Waals surface area contributed by atoms with Crippen molar-refractivity contribution in [2.45, 2.75) is 12.5 Å². The fourth-order valence-corrected chi connectivity index (χ4v) is 3.12. The lowest BCUT2D eigenvalue weighted by Gasteiger charge is -2.39. The average molecular weight is 395 g/mol. The van der Waals surface area contributed by atoms with Crippen LogP contribution < -0.4 is 5.32 Å². The van der Waals surface area contributed by atoms with Crippen LogP contribution in [0.2, 0.25) is 0 Å². The number of aromatic hydroxyl groups is 1. The van der Waals surface area contributed by atoms with Crippen LogP contribution in [-0.2, 0) is 11.2 Å². The third-order valence-electron chi connectivity index (χ3n) is 4.79. The molecule has 0 unspecified atom stereocenters. The number of amides is 2. The maximum Gasteiger partial charge on any atom is 0.251 e. The highest BCUT2D eigenvalue weighted by atomic mass is 19.1. The maximum atomic E-state index is 13.4. The van der Waals surface area contributed by atoms with E-state index in [-0.39, 0.29) is 24.3 Å². The molecule has 3 aromatic rings. The zero-order chi connectivity index (χ0) is 20.4. The van der Waals surface area contributed by atoms with Gasteiger partial charge >= 0.3 is 0 Å². The average Bonchev–Trinajstić information content (AvgIpc) is 3.22. The van der Waals surface area contributed by atoms with Crippen molar-refractivity contribution in [3.8, 4) is 17.0 Å². The molecule has 29 heavy (non-hydrogen) atoms. The maximum absolute atomic E-state index is 13.4. The molecule has 0 saturated carbocycles. The summed E-state index contributed by atoms with van der Waals surface area (Å²) in [5.74, 6) is -1.56. The summed E-state index contributed by atoms with van der Waals surface area (Å²) in [5, 5.41) is 22.4. The van der Waals surface area contributed by atoms with Crippen LogP contribution in [0.1, 0.15) is 15.9 Å². The number of carbonyl (C=O) groups excluding carboxylic acids is 2. The summed E-state index contributed by atoms with van der Waals surface area (Å²) >= 11 is 0. The van der Waals surface area contributed by atoms with Gasteiger partial charge in [0.2, 0.25) is 5.91 Å². The number of nitrogens with one attached hydrogen (secondary N) is 2. The van der Waals surface area contributed by atoms with E-state index >= 15 is 0 Å². The molecule has 1 fully saturated rings. The fraction of sp³-hybridized carbons (Fsp3) is 0.200. The Balaban J connectivity index is 1.27. The van der Waals surface area contributed by atoms with Gasteiger partial charge in [0.1, 0.15) is 5.69 Å². The number of aromatic nitrogens is 3. The zero-order valence-corrected chi connectivity index (χ0v) is 15.3. The first kappa shape index (κ1) is 18.6. The second-order valence-electron chi connectivity index (χ2n) is 6.86. The lowest BCUT2D eigenvalue weighted by Crippen LogP contribution is -2.61. The smallest absolute Gasteiger partial charge is 0.251 e. The number of phenolic OH excluding ortho intramolecular Hbond substituents is 1. The summed E-state index contributed by atoms with van der Waals surface area (Å²) in [6.07, 6.45) is 1.64. The van der Waals surface area contributed by atoms with Crippen LogP contribution in [0.25, 0.3) is 11.3 Å². The van der Waals surface area contributed by atoms with Gasteiger partial charge in [-0.1, -0.05) is 18.2 Å². The van der Waals surface area contributed by atoms with Gasteiger partial charge in [0, 0.05) is 24.2 Å². The molecule has 1 aromatic heterocycles. The summed E-state index contributed by atoms with van der Waals surface area (Å²) in [6, 6.07) is 10.8. The highest BCUT2D eigenvalue weighted by molar-refractivity contribution is 5.95. The Bertz CT molecular complexity index is 1030. The molecule has 1 aliphatic heterocycles. The summed E-state index contributed by atoms with van der Waals surface area (Å²) in [4.78, 5) is 26.2. The highest BCUT2D eigenvalue weighted by Gasteiger charge is 2.31. The molecule has 8 nitrogen and oxygen atoms in total. The Morgan fingerprint density at radius 3 is 2.62 bits per heavy atom. The molecule has 2 heterocycles. The first-order valence-electron chi connectivity index (χ1n) is 9.02. The van der Waals surface area contributed by atoms with E-state index in [4.69, 9.17) is 0 Å². The second-order valence-corrected chi connectivity index (χ2v) is 6.86. The van der Waals surface area contributed by atoms with Gasteiger partial charge in [-0.25, -0.2) is 4.39 Å². The van der Waals surface area contributed by atoms with Gasteiger partial charge < -0.3 is 15.3 Å². The minimum Gasteiger partial charge on any atom is -0.505 e. The lowest BCUT2D eigenvalue weighted by molar-refractivity contribution is -0.135. The van der Waals surface area contributed by atoms with E-state index in [9.17, 15) is 19.1 Å². The van der Waals surface area contributed by atoms with Gasteiger partial charge in [-0.2, -0.15) is 15.4 Å². The number of benzene rings is 2. The highest BCUT2D eigenvalue weighted by Crippen LogP contribution is 2.19. The number of likely N-dealkylation sites (tertiary alicyclic amines) is 1. The van der Waals surface area contributed by atoms with Crippen LogP contribution in [-0.4, -0.2) is 56.4 Å². The second kappa shape index (κ2) is 7.70. The number of phenols is 1. The molecule has 148 valence electrons. The van der Waals surface area contributed by atoms with Crippen LogP contribution in [0.5, 0.6) is 5.75 Å². The van der Waals surface area contributed by atoms with Crippen molar-refractivity contribution in [2.75, 3.05) is 13.1 Å². The van der Waals surface area contributed by atoms with Crippen molar-refractivity contribution in [2.24, 2.45) is 0 Å². The Hall–Kier alpha value is -3.75. The molecule has 3 N–H and O–H groups in total. The largest absolute Gasteiger partial charge is 0.505 e. The number of rotatable bonds is 5. The third-order valence-corrected chi connectivity index (χ3v) is 4.79. The summed E-state index contributed by atoms with van der Waals surface area (Å²) in [6.45, 7) is 0.810. The van der Waals surface area contributed by atoms with Crippen molar-refractivity contribution in [3.63, 3.8) is 0 Å². The number of nitrogens with zero attached hydrogens (tertiary/aromatic N) is 3. The molecule has 0 aliphatic carbocycles. The van der Waals surface area contributed by atoms with Gasteiger partial charge in [-0.15, -0.1) is 0 Å². The molecular formula is C20H18FN5O3. The topological polar surface area (TPSA) is 111 Å². The van der Waals surface area contributed by atoms with Gasteiger partial charge in [-0.05, 0) is 29.8 Å². The van der Waals surface area contributed by atoms with Crippen LogP contribution in [0, 0.1) is 5.82 Å². The van der Waals surface area contributed by atoms with Gasteiger partial charge in [0.25, 0.3) is 5.91 Å². The van der Waals surface area contributed by atoms with E-state index in [1.54, 1.807) is 35.4 Å². The number of H-pyrrole nitrogens is 1. The summed E-state index contributed by atoms with van der Waals surface area (Å²) in [5.41, 5.74) is 2.55. The monoisotopic (exact) mass is 395 g/mol. The SMILES string of the molecule is O=C(NC1CN(C(=O)Cc2ccc(O)c(F)c2)C1)c1ccc(-c2cn[nH]n2)cc1. The van der Waals surface area contributed by atoms with E-state index in [1.807, 2.05) is 0 Å². The van der Waals surface area contributed by atoms with E-state index in [2.05, 4.69) is 20.7 Å². The molecule has 4 rings (SSSR count). The Morgan fingerprint density at radius 1 is 1.21 bits per heavy atom. The van der Waals surface area contributed by atoms with Crippen molar-refractivity contribution in [1.29, 1.82) is 0 Å². The van der Waals surface area contributed by atoms with E-state index < -0.39 is 11.6 Å². The molecule has 2 amide bonds. The molecule has 2 aromatic carbocycles. The lowest BCUT2D eigenvalue weighted by atomic mass is 10.0. The van der Waals surface area contributed by atoms with Crippen molar-refractivity contribution < 1.29 is 19.1 Å².